The highest BCUT2D eigenvalue weighted by molar-refractivity contribution is 5.99. The van der Waals surface area contributed by atoms with E-state index in [-0.39, 0.29) is 0 Å². The Labute approximate surface area is 147 Å². The Morgan fingerprint density at radius 3 is 2.84 bits per heavy atom. The highest BCUT2D eigenvalue weighted by Crippen LogP contribution is 2.32. The van der Waals surface area contributed by atoms with E-state index in [0.717, 1.165) is 65.9 Å². The second kappa shape index (κ2) is 6.28. The van der Waals surface area contributed by atoms with E-state index in [2.05, 4.69) is 27.0 Å². The van der Waals surface area contributed by atoms with Gasteiger partial charge in [0.25, 0.3) is 0 Å². The Morgan fingerprint density at radius 2 is 2.00 bits per heavy atom. The van der Waals surface area contributed by atoms with Crippen molar-refractivity contribution in [3.8, 4) is 5.75 Å². The highest BCUT2D eigenvalue weighted by atomic mass is 16.3. The van der Waals surface area contributed by atoms with Crippen molar-refractivity contribution in [2.75, 3.05) is 33.2 Å². The van der Waals surface area contributed by atoms with Gasteiger partial charge < -0.3 is 10.0 Å². The second-order valence-corrected chi connectivity index (χ2v) is 7.23. The molecule has 3 aromatic rings. The Kier molecular flexibility index (Phi) is 4.09. The van der Waals surface area contributed by atoms with E-state index in [1.54, 1.807) is 6.07 Å². The summed E-state index contributed by atoms with van der Waals surface area (Å²) in [7, 11) is 2.19. The summed E-state index contributed by atoms with van der Waals surface area (Å²) in [5.74, 6) is 0.296. The van der Waals surface area contributed by atoms with E-state index < -0.39 is 0 Å². The molecule has 2 N–H and O–H groups in total. The van der Waals surface area contributed by atoms with Crippen LogP contribution in [0.15, 0.2) is 12.1 Å². The number of aromatic nitrogens is 3. The van der Waals surface area contributed by atoms with Crippen molar-refractivity contribution in [3.63, 3.8) is 0 Å². The van der Waals surface area contributed by atoms with E-state index in [1.807, 2.05) is 19.9 Å². The summed E-state index contributed by atoms with van der Waals surface area (Å²) in [6, 6.07) is 3.62. The molecular weight excluding hydrogens is 314 g/mol. The number of benzene rings is 1. The largest absolute Gasteiger partial charge is 0.508 e. The molecule has 1 aliphatic rings. The molecule has 0 bridgehead atoms. The van der Waals surface area contributed by atoms with Crippen molar-refractivity contribution >= 4 is 21.9 Å². The van der Waals surface area contributed by atoms with Crippen molar-refractivity contribution in [3.05, 3.63) is 29.0 Å². The fourth-order valence-electron chi connectivity index (χ4n) is 3.88. The molecule has 1 aliphatic heterocycles. The van der Waals surface area contributed by atoms with Gasteiger partial charge in [0.1, 0.15) is 5.75 Å². The Bertz CT molecular complexity index is 933. The van der Waals surface area contributed by atoms with Crippen LogP contribution < -0.4 is 0 Å². The van der Waals surface area contributed by atoms with Gasteiger partial charge in [-0.05, 0) is 63.7 Å². The van der Waals surface area contributed by atoms with E-state index in [4.69, 9.17) is 4.98 Å². The molecule has 4 rings (SSSR count). The lowest BCUT2D eigenvalue weighted by Gasteiger charge is -2.22. The number of aromatic hydroxyl groups is 1. The number of nitrogens with zero attached hydrogens (tertiary/aromatic N) is 4. The van der Waals surface area contributed by atoms with Gasteiger partial charge in [0.2, 0.25) is 0 Å². The number of H-pyrrole nitrogens is 1. The molecular formula is C19H25N5O. The van der Waals surface area contributed by atoms with Crippen LogP contribution in [0.2, 0.25) is 0 Å². The first kappa shape index (κ1) is 16.3. The first-order valence-electron chi connectivity index (χ1n) is 8.90. The number of nitrogens with one attached hydrogen (secondary N) is 1. The van der Waals surface area contributed by atoms with Gasteiger partial charge in [-0.3, -0.25) is 10.00 Å². The number of pyridine rings is 1. The first-order chi connectivity index (χ1) is 12.0. The molecule has 0 spiro atoms. The fraction of sp³-hybridized carbons (Fsp3) is 0.474. The van der Waals surface area contributed by atoms with Crippen molar-refractivity contribution in [2.24, 2.45) is 0 Å². The van der Waals surface area contributed by atoms with Crippen molar-refractivity contribution < 1.29 is 5.11 Å². The van der Waals surface area contributed by atoms with E-state index in [0.29, 0.717) is 5.75 Å². The molecule has 2 aromatic heterocycles. The maximum Gasteiger partial charge on any atom is 0.182 e. The monoisotopic (exact) mass is 339 g/mol. The first-order valence-corrected chi connectivity index (χ1v) is 8.90. The topological polar surface area (TPSA) is 68.3 Å². The molecule has 0 radical (unpaired) electrons. The van der Waals surface area contributed by atoms with E-state index in [1.165, 1.54) is 12.0 Å². The number of rotatable bonds is 2. The van der Waals surface area contributed by atoms with Crippen molar-refractivity contribution in [1.82, 2.24) is 25.0 Å². The van der Waals surface area contributed by atoms with Gasteiger partial charge in [-0.2, -0.15) is 5.10 Å². The molecule has 6 nitrogen and oxygen atoms in total. The lowest BCUT2D eigenvalue weighted by molar-refractivity contribution is 0.271. The molecule has 1 aromatic carbocycles. The van der Waals surface area contributed by atoms with Crippen LogP contribution in [-0.4, -0.2) is 63.3 Å². The number of fused-ring (bicyclic) bond motifs is 2. The lowest BCUT2D eigenvalue weighted by atomic mass is 10.0. The smallest absolute Gasteiger partial charge is 0.182 e. The van der Waals surface area contributed by atoms with Crippen LogP contribution in [0.3, 0.4) is 0 Å². The number of likely N-dealkylation sites (N-methyl/N-ethyl adjacent to an activating group) is 1. The average Bonchev–Trinajstić information content (AvgIpc) is 2.80. The zero-order valence-electron chi connectivity index (χ0n) is 15.1. The Morgan fingerprint density at radius 1 is 1.16 bits per heavy atom. The van der Waals surface area contributed by atoms with Crippen LogP contribution in [-0.2, 0) is 6.54 Å². The van der Waals surface area contributed by atoms with Gasteiger partial charge >= 0.3 is 0 Å². The van der Waals surface area contributed by atoms with Crippen LogP contribution in [0, 0.1) is 13.8 Å². The van der Waals surface area contributed by atoms with Crippen molar-refractivity contribution in [1.29, 1.82) is 0 Å². The zero-order chi connectivity index (χ0) is 17.6. The lowest BCUT2D eigenvalue weighted by Crippen LogP contribution is -2.28. The van der Waals surface area contributed by atoms with Crippen LogP contribution in [0.4, 0.5) is 0 Å². The summed E-state index contributed by atoms with van der Waals surface area (Å²) in [4.78, 5) is 9.63. The normalized spacial score (nSPS) is 17.4. The predicted molar refractivity (Wildman–Crippen MR) is 99.9 cm³/mol. The van der Waals surface area contributed by atoms with Crippen LogP contribution in [0.25, 0.3) is 21.9 Å². The minimum atomic E-state index is 0.296. The van der Waals surface area contributed by atoms with E-state index in [9.17, 15) is 5.11 Å². The summed E-state index contributed by atoms with van der Waals surface area (Å²) in [5.41, 5.74) is 4.93. The number of aryl methyl sites for hydroxylation is 2. The van der Waals surface area contributed by atoms with Crippen LogP contribution in [0.1, 0.15) is 23.2 Å². The third-order valence-corrected chi connectivity index (χ3v) is 5.25. The molecule has 3 heterocycles. The number of phenolic OH excluding ortho intramolecular Hbond substituents is 1. The SMILES string of the molecule is Cc1cc(O)cc2c(CN3CCCN(C)CC3)c3c(C)[nH]nc3nc12. The fourth-order valence-corrected chi connectivity index (χ4v) is 3.88. The summed E-state index contributed by atoms with van der Waals surface area (Å²) in [6.45, 7) is 9.26. The number of hydrogen-bond donors (Lipinski definition) is 2. The molecule has 0 atom stereocenters. The summed E-state index contributed by atoms with van der Waals surface area (Å²) in [5, 5.41) is 19.7. The number of hydrogen-bond acceptors (Lipinski definition) is 5. The van der Waals surface area contributed by atoms with E-state index >= 15 is 0 Å². The maximum absolute atomic E-state index is 10.1. The summed E-state index contributed by atoms with van der Waals surface area (Å²) in [6.07, 6.45) is 1.18. The van der Waals surface area contributed by atoms with Gasteiger partial charge in [-0.25, -0.2) is 4.98 Å². The third kappa shape index (κ3) is 2.96. The molecule has 0 amide bonds. The van der Waals surface area contributed by atoms with Gasteiger partial charge in [-0.15, -0.1) is 0 Å². The Hall–Kier alpha value is -2.18. The van der Waals surface area contributed by atoms with Crippen LogP contribution >= 0.6 is 0 Å². The second-order valence-electron chi connectivity index (χ2n) is 7.23. The highest BCUT2D eigenvalue weighted by Gasteiger charge is 2.19. The number of aromatic amines is 1. The minimum Gasteiger partial charge on any atom is -0.508 e. The molecule has 0 unspecified atom stereocenters. The van der Waals surface area contributed by atoms with Gasteiger partial charge in [0, 0.05) is 36.1 Å². The predicted octanol–water partition coefficient (Wildman–Crippen LogP) is 2.57. The van der Waals surface area contributed by atoms with Gasteiger partial charge in [0.15, 0.2) is 5.65 Å². The molecule has 6 heteroatoms. The van der Waals surface area contributed by atoms with Gasteiger partial charge in [0.05, 0.1) is 5.52 Å². The molecule has 25 heavy (non-hydrogen) atoms. The molecule has 132 valence electrons. The number of phenols is 1. The van der Waals surface area contributed by atoms with Gasteiger partial charge in [-0.1, -0.05) is 0 Å². The van der Waals surface area contributed by atoms with Crippen molar-refractivity contribution in [2.45, 2.75) is 26.8 Å². The maximum atomic E-state index is 10.1. The average molecular weight is 339 g/mol. The molecule has 0 aliphatic carbocycles. The summed E-state index contributed by atoms with van der Waals surface area (Å²) < 4.78 is 0. The summed E-state index contributed by atoms with van der Waals surface area (Å²) >= 11 is 0. The molecule has 1 saturated heterocycles. The quantitative estimate of drug-likeness (QED) is 0.751. The van der Waals surface area contributed by atoms with Crippen LogP contribution in [0.5, 0.6) is 5.75 Å². The Balaban J connectivity index is 1.87. The molecule has 0 saturated carbocycles. The zero-order valence-corrected chi connectivity index (χ0v) is 15.1. The molecule has 1 fully saturated rings. The standard InChI is InChI=1S/C19H25N5O/c1-12-9-14(25)10-15-16(11-24-6-4-5-23(3)7-8-24)17-13(2)21-22-19(17)20-18(12)15/h9-10,25H,4-8,11H2,1-3H3,(H,20,21,22). The third-order valence-electron chi connectivity index (χ3n) is 5.25. The minimum absolute atomic E-state index is 0.296.